The second-order valence-electron chi connectivity index (χ2n) is 5.34. The molecule has 0 saturated heterocycles. The fourth-order valence-electron chi connectivity index (χ4n) is 2.30. The van der Waals surface area contributed by atoms with Gasteiger partial charge < -0.3 is 19.6 Å². The quantitative estimate of drug-likeness (QED) is 0.714. The molecule has 0 fully saturated rings. The van der Waals surface area contributed by atoms with E-state index in [0.29, 0.717) is 11.3 Å². The fourth-order valence-corrected chi connectivity index (χ4v) is 3.26. The summed E-state index contributed by atoms with van der Waals surface area (Å²) in [7, 11) is 0. The Balaban J connectivity index is 1.85. The zero-order chi connectivity index (χ0) is 17.8. The third-order valence-corrected chi connectivity index (χ3v) is 4.43. The van der Waals surface area contributed by atoms with Gasteiger partial charge in [0.2, 0.25) is 5.91 Å². The predicted molar refractivity (Wildman–Crippen MR) is 95.2 cm³/mol. The van der Waals surface area contributed by atoms with Crippen molar-refractivity contribution in [1.82, 2.24) is 0 Å². The summed E-state index contributed by atoms with van der Waals surface area (Å²) in [6.07, 6.45) is 4.28. The number of hydrogen-bond donors (Lipinski definition) is 1. The molecule has 25 heavy (non-hydrogen) atoms. The summed E-state index contributed by atoms with van der Waals surface area (Å²) in [6, 6.07) is 10.9. The van der Waals surface area contributed by atoms with Gasteiger partial charge in [-0.05, 0) is 30.7 Å². The van der Waals surface area contributed by atoms with Crippen LogP contribution in [-0.2, 0) is 4.79 Å². The van der Waals surface area contributed by atoms with E-state index in [0.717, 1.165) is 22.5 Å². The van der Waals surface area contributed by atoms with Crippen LogP contribution in [0.5, 0.6) is 0 Å². The summed E-state index contributed by atoms with van der Waals surface area (Å²) in [6.45, 7) is 1.95. The van der Waals surface area contributed by atoms with Gasteiger partial charge in [0, 0.05) is 22.6 Å². The van der Waals surface area contributed by atoms with Crippen molar-refractivity contribution in [2.75, 3.05) is 5.32 Å². The number of benzene rings is 1. The zero-order valence-electron chi connectivity index (χ0n) is 13.3. The molecule has 2 aromatic heterocycles. The van der Waals surface area contributed by atoms with Crippen molar-refractivity contribution in [3.8, 4) is 11.1 Å². The molecule has 1 aromatic carbocycles. The van der Waals surface area contributed by atoms with Gasteiger partial charge in [-0.15, -0.1) is 11.3 Å². The highest BCUT2D eigenvalue weighted by atomic mass is 32.1. The number of anilines is 1. The highest BCUT2D eigenvalue weighted by Crippen LogP contribution is 2.35. The van der Waals surface area contributed by atoms with Crippen LogP contribution in [0.2, 0.25) is 0 Å². The molecule has 3 aromatic rings. The lowest BCUT2D eigenvalue weighted by Crippen LogP contribution is -2.24. The van der Waals surface area contributed by atoms with E-state index in [2.05, 4.69) is 5.32 Å². The first-order valence-electron chi connectivity index (χ1n) is 7.47. The Hall–Kier alpha value is -3.12. The summed E-state index contributed by atoms with van der Waals surface area (Å²) in [5.41, 5.74) is 2.34. The Kier molecular flexibility index (Phi) is 4.81. The van der Waals surface area contributed by atoms with Crippen molar-refractivity contribution >= 4 is 34.3 Å². The Labute approximate surface area is 148 Å². The first-order chi connectivity index (χ1) is 12.0. The van der Waals surface area contributed by atoms with Crippen molar-refractivity contribution in [2.24, 2.45) is 0 Å². The van der Waals surface area contributed by atoms with E-state index >= 15 is 0 Å². The molecule has 0 aliphatic carbocycles. The summed E-state index contributed by atoms with van der Waals surface area (Å²) >= 11 is 1.15. The minimum absolute atomic E-state index is 0.0198. The van der Waals surface area contributed by atoms with Crippen LogP contribution < -0.4 is 10.4 Å². The Morgan fingerprint density at radius 1 is 1.20 bits per heavy atom. The monoisotopic (exact) mass is 352 g/mol. The summed E-state index contributed by atoms with van der Waals surface area (Å²) in [5.74, 6) is -1.25. The van der Waals surface area contributed by atoms with E-state index in [1.54, 1.807) is 17.5 Å². The van der Waals surface area contributed by atoms with Crippen LogP contribution in [0, 0.1) is 6.92 Å². The van der Waals surface area contributed by atoms with E-state index in [1.807, 2.05) is 31.2 Å². The molecule has 0 saturated carbocycles. The normalized spacial score (nSPS) is 10.9. The average Bonchev–Trinajstić information content (AvgIpc) is 3.23. The molecule has 1 amide bonds. The van der Waals surface area contributed by atoms with Gasteiger partial charge >= 0.3 is 0 Å². The van der Waals surface area contributed by atoms with Crippen molar-refractivity contribution in [3.05, 3.63) is 71.0 Å². The number of carbonyl (C=O) groups is 2. The Morgan fingerprint density at radius 3 is 2.60 bits per heavy atom. The Morgan fingerprint density at radius 2 is 1.96 bits per heavy atom. The molecule has 5 nitrogen and oxygen atoms in total. The molecule has 0 spiro atoms. The van der Waals surface area contributed by atoms with Gasteiger partial charge in [-0.1, -0.05) is 29.8 Å². The molecule has 0 radical (unpaired) electrons. The van der Waals surface area contributed by atoms with E-state index in [-0.39, 0.29) is 10.6 Å². The van der Waals surface area contributed by atoms with E-state index in [9.17, 15) is 14.7 Å². The lowest BCUT2D eigenvalue weighted by molar-refractivity contribution is -0.254. The summed E-state index contributed by atoms with van der Waals surface area (Å²) in [5, 5.41) is 16.1. The molecular formula is C19H14NO4S-. The smallest absolute Gasteiger partial charge is 0.249 e. The van der Waals surface area contributed by atoms with Crippen molar-refractivity contribution < 1.29 is 19.1 Å². The van der Waals surface area contributed by atoms with E-state index < -0.39 is 11.9 Å². The molecule has 1 N–H and O–H groups in total. The average molecular weight is 352 g/mol. The minimum atomic E-state index is -1.33. The lowest BCUT2D eigenvalue weighted by Gasteiger charge is -2.09. The molecule has 126 valence electrons. The summed E-state index contributed by atoms with van der Waals surface area (Å²) in [4.78, 5) is 23.6. The number of carboxylic acids is 1. The van der Waals surface area contributed by atoms with Crippen LogP contribution in [0.25, 0.3) is 17.2 Å². The van der Waals surface area contributed by atoms with Gasteiger partial charge in [0.05, 0.1) is 12.2 Å². The minimum Gasteiger partial charge on any atom is -0.545 e. The lowest BCUT2D eigenvalue weighted by atomic mass is 10.0. The standard InChI is InChI=1S/C19H15NO4S/c1-12-4-6-13(7-5-12)15-11-25-18(17(15)19(22)23)20-16(21)9-8-14-3-2-10-24-14/h2-11H,1H3,(H,20,21)(H,22,23)/p-1/b9-8+. The molecule has 6 heteroatoms. The Bertz CT molecular complexity index is 921. The van der Waals surface area contributed by atoms with Gasteiger partial charge in [-0.3, -0.25) is 4.79 Å². The van der Waals surface area contributed by atoms with Crippen molar-refractivity contribution in [3.63, 3.8) is 0 Å². The maximum absolute atomic E-state index is 12.0. The van der Waals surface area contributed by atoms with Gasteiger partial charge in [0.1, 0.15) is 10.8 Å². The number of carboxylic acid groups (broad SMARTS) is 1. The second-order valence-corrected chi connectivity index (χ2v) is 6.22. The van der Waals surface area contributed by atoms with Crippen LogP contribution in [0.3, 0.4) is 0 Å². The number of hydrogen-bond acceptors (Lipinski definition) is 5. The number of aryl methyl sites for hydroxylation is 1. The highest BCUT2D eigenvalue weighted by molar-refractivity contribution is 7.15. The predicted octanol–water partition coefficient (Wildman–Crippen LogP) is 3.33. The molecule has 0 atom stereocenters. The van der Waals surface area contributed by atoms with Crippen LogP contribution in [-0.4, -0.2) is 11.9 Å². The molecule has 2 heterocycles. The largest absolute Gasteiger partial charge is 0.545 e. The third-order valence-electron chi connectivity index (χ3n) is 3.54. The fraction of sp³-hybridized carbons (Fsp3) is 0.0526. The first kappa shape index (κ1) is 16.7. The highest BCUT2D eigenvalue weighted by Gasteiger charge is 2.15. The van der Waals surface area contributed by atoms with Crippen LogP contribution in [0.4, 0.5) is 5.00 Å². The number of furan rings is 1. The third kappa shape index (κ3) is 3.87. The number of thiophene rings is 1. The number of rotatable bonds is 5. The van der Waals surface area contributed by atoms with Crippen LogP contribution in [0.1, 0.15) is 21.7 Å². The zero-order valence-corrected chi connectivity index (χ0v) is 14.1. The van der Waals surface area contributed by atoms with Crippen molar-refractivity contribution in [1.29, 1.82) is 0 Å². The molecule has 0 aliphatic rings. The van der Waals surface area contributed by atoms with Gasteiger partial charge in [0.25, 0.3) is 0 Å². The second kappa shape index (κ2) is 7.19. The molecule has 0 aliphatic heterocycles. The van der Waals surface area contributed by atoms with Crippen molar-refractivity contribution in [2.45, 2.75) is 6.92 Å². The van der Waals surface area contributed by atoms with Crippen LogP contribution >= 0.6 is 11.3 Å². The topological polar surface area (TPSA) is 82.4 Å². The van der Waals surface area contributed by atoms with E-state index in [1.165, 1.54) is 18.4 Å². The molecular weight excluding hydrogens is 338 g/mol. The first-order valence-corrected chi connectivity index (χ1v) is 8.35. The van der Waals surface area contributed by atoms with E-state index in [4.69, 9.17) is 4.42 Å². The number of aromatic carboxylic acids is 1. The SMILES string of the molecule is Cc1ccc(-c2csc(NC(=O)/C=C/c3ccco3)c2C(=O)[O-])cc1. The number of carbonyl (C=O) groups excluding carboxylic acids is 2. The molecule has 0 bridgehead atoms. The molecule has 0 unspecified atom stereocenters. The molecule has 3 rings (SSSR count). The van der Waals surface area contributed by atoms with Gasteiger partial charge in [-0.25, -0.2) is 0 Å². The number of amides is 1. The van der Waals surface area contributed by atoms with Gasteiger partial charge in [-0.2, -0.15) is 0 Å². The summed E-state index contributed by atoms with van der Waals surface area (Å²) < 4.78 is 5.10. The number of nitrogens with one attached hydrogen (secondary N) is 1. The van der Waals surface area contributed by atoms with Gasteiger partial charge in [0.15, 0.2) is 0 Å². The maximum atomic E-state index is 12.0. The van der Waals surface area contributed by atoms with Crippen LogP contribution in [0.15, 0.2) is 58.5 Å². The maximum Gasteiger partial charge on any atom is 0.249 e.